The van der Waals surface area contributed by atoms with Crippen LogP contribution in [0.15, 0.2) is 53.1 Å². The highest BCUT2D eigenvalue weighted by Gasteiger charge is 2.25. The van der Waals surface area contributed by atoms with Crippen LogP contribution < -0.4 is 10.1 Å². The van der Waals surface area contributed by atoms with Gasteiger partial charge in [0, 0.05) is 26.2 Å². The third kappa shape index (κ3) is 4.53. The highest BCUT2D eigenvalue weighted by molar-refractivity contribution is 5.91. The number of ether oxygens (including phenoxy) is 1. The number of carbonyl (C=O) groups is 2. The molecule has 7 nitrogen and oxygen atoms in total. The normalized spacial score (nSPS) is 14.2. The van der Waals surface area contributed by atoms with Crippen molar-refractivity contribution in [3.05, 3.63) is 54.5 Å². The van der Waals surface area contributed by atoms with E-state index in [9.17, 15) is 9.59 Å². The summed E-state index contributed by atoms with van der Waals surface area (Å²) in [6.07, 6.45) is 1.48. The van der Waals surface area contributed by atoms with Crippen LogP contribution in [0.1, 0.15) is 10.6 Å². The van der Waals surface area contributed by atoms with E-state index in [0.717, 1.165) is 5.75 Å². The van der Waals surface area contributed by atoms with Gasteiger partial charge in [0.1, 0.15) is 12.4 Å². The van der Waals surface area contributed by atoms with Crippen LogP contribution in [0.2, 0.25) is 0 Å². The number of furan rings is 1. The Balaban J connectivity index is 1.36. The quantitative estimate of drug-likeness (QED) is 0.841. The number of rotatable bonds is 5. The largest absolute Gasteiger partial charge is 0.492 e. The molecule has 1 N–H and O–H groups in total. The van der Waals surface area contributed by atoms with Crippen molar-refractivity contribution in [1.29, 1.82) is 0 Å². The number of hydrogen-bond acceptors (Lipinski definition) is 4. The van der Waals surface area contributed by atoms with Crippen molar-refractivity contribution in [2.45, 2.75) is 0 Å². The van der Waals surface area contributed by atoms with Crippen molar-refractivity contribution < 1.29 is 18.7 Å². The van der Waals surface area contributed by atoms with E-state index >= 15 is 0 Å². The van der Waals surface area contributed by atoms with Gasteiger partial charge < -0.3 is 24.3 Å². The molecule has 0 radical (unpaired) electrons. The number of amides is 3. The third-order valence-electron chi connectivity index (χ3n) is 3.98. The molecule has 1 aromatic heterocycles. The molecule has 1 aliphatic rings. The SMILES string of the molecule is O=C(NCCOc1ccccc1)N1CCN(C(=O)c2ccco2)CC1. The number of nitrogens with zero attached hydrogens (tertiary/aromatic N) is 2. The second-order valence-corrected chi connectivity index (χ2v) is 5.65. The lowest BCUT2D eigenvalue weighted by Crippen LogP contribution is -2.53. The van der Waals surface area contributed by atoms with Gasteiger partial charge >= 0.3 is 6.03 Å². The van der Waals surface area contributed by atoms with E-state index in [0.29, 0.717) is 45.1 Å². The minimum atomic E-state index is -0.138. The van der Waals surface area contributed by atoms with E-state index in [-0.39, 0.29) is 11.9 Å². The second kappa shape index (κ2) is 8.23. The predicted octanol–water partition coefficient (Wildman–Crippen LogP) is 1.83. The molecular formula is C18H21N3O4. The van der Waals surface area contributed by atoms with Crippen molar-refractivity contribution in [2.75, 3.05) is 39.3 Å². The van der Waals surface area contributed by atoms with Crippen LogP contribution in [-0.2, 0) is 0 Å². The molecule has 1 fully saturated rings. The molecule has 0 bridgehead atoms. The molecule has 0 atom stereocenters. The zero-order chi connectivity index (χ0) is 17.5. The summed E-state index contributed by atoms with van der Waals surface area (Å²) in [6, 6.07) is 12.7. The number of hydrogen-bond donors (Lipinski definition) is 1. The van der Waals surface area contributed by atoms with Crippen molar-refractivity contribution in [3.63, 3.8) is 0 Å². The molecule has 2 aromatic rings. The van der Waals surface area contributed by atoms with Crippen molar-refractivity contribution in [2.24, 2.45) is 0 Å². The Bertz CT molecular complexity index is 680. The van der Waals surface area contributed by atoms with Gasteiger partial charge in [0.15, 0.2) is 5.76 Å². The second-order valence-electron chi connectivity index (χ2n) is 5.65. The standard InChI is InChI=1S/C18H21N3O4/c22-17(16-7-4-13-25-16)20-9-11-21(12-10-20)18(23)19-8-14-24-15-5-2-1-3-6-15/h1-7,13H,8-12,14H2,(H,19,23). The minimum absolute atomic E-state index is 0.137. The van der Waals surface area contributed by atoms with Crippen LogP contribution >= 0.6 is 0 Å². The molecular weight excluding hydrogens is 322 g/mol. The molecule has 0 spiro atoms. The summed E-state index contributed by atoms with van der Waals surface area (Å²) in [7, 11) is 0. The Labute approximate surface area is 146 Å². The Hall–Kier alpha value is -2.96. The summed E-state index contributed by atoms with van der Waals surface area (Å²) in [5.74, 6) is 0.971. The monoisotopic (exact) mass is 343 g/mol. The summed E-state index contributed by atoms with van der Waals surface area (Å²) in [5.41, 5.74) is 0. The Morgan fingerprint density at radius 2 is 1.72 bits per heavy atom. The van der Waals surface area contributed by atoms with Gasteiger partial charge in [-0.2, -0.15) is 0 Å². The topological polar surface area (TPSA) is 75.0 Å². The lowest BCUT2D eigenvalue weighted by atomic mass is 10.3. The summed E-state index contributed by atoms with van der Waals surface area (Å²) in [4.78, 5) is 27.7. The number of para-hydroxylation sites is 1. The number of carbonyl (C=O) groups excluding carboxylic acids is 2. The average molecular weight is 343 g/mol. The summed E-state index contributed by atoms with van der Waals surface area (Å²) in [6.45, 7) is 2.82. The maximum absolute atomic E-state index is 12.2. The minimum Gasteiger partial charge on any atom is -0.492 e. The van der Waals surface area contributed by atoms with Crippen LogP contribution in [0.25, 0.3) is 0 Å². The van der Waals surface area contributed by atoms with Crippen LogP contribution in [0.5, 0.6) is 5.75 Å². The third-order valence-corrected chi connectivity index (χ3v) is 3.98. The lowest BCUT2D eigenvalue weighted by molar-refractivity contribution is 0.0634. The van der Waals surface area contributed by atoms with Gasteiger partial charge in [0.2, 0.25) is 0 Å². The molecule has 3 rings (SSSR count). The van der Waals surface area contributed by atoms with Gasteiger partial charge in [-0.15, -0.1) is 0 Å². The van der Waals surface area contributed by atoms with E-state index in [1.165, 1.54) is 6.26 Å². The first-order chi connectivity index (χ1) is 12.2. The Kier molecular flexibility index (Phi) is 5.56. The highest BCUT2D eigenvalue weighted by atomic mass is 16.5. The van der Waals surface area contributed by atoms with E-state index in [2.05, 4.69) is 5.32 Å². The van der Waals surface area contributed by atoms with E-state index in [1.54, 1.807) is 21.9 Å². The van der Waals surface area contributed by atoms with Gasteiger partial charge in [-0.05, 0) is 24.3 Å². The zero-order valence-electron chi connectivity index (χ0n) is 13.9. The van der Waals surface area contributed by atoms with Gasteiger partial charge in [-0.25, -0.2) is 4.79 Å². The fourth-order valence-electron chi connectivity index (χ4n) is 2.62. The van der Waals surface area contributed by atoms with Crippen LogP contribution in [0, 0.1) is 0 Å². The van der Waals surface area contributed by atoms with Gasteiger partial charge in [0.05, 0.1) is 12.8 Å². The maximum Gasteiger partial charge on any atom is 0.317 e. The van der Waals surface area contributed by atoms with Crippen molar-refractivity contribution in [1.82, 2.24) is 15.1 Å². The first-order valence-electron chi connectivity index (χ1n) is 8.27. The molecule has 1 aliphatic heterocycles. The fraction of sp³-hybridized carbons (Fsp3) is 0.333. The van der Waals surface area contributed by atoms with E-state index < -0.39 is 0 Å². The smallest absolute Gasteiger partial charge is 0.317 e. The van der Waals surface area contributed by atoms with Gasteiger partial charge in [0.25, 0.3) is 5.91 Å². The molecule has 1 saturated heterocycles. The average Bonchev–Trinajstić information content (AvgIpc) is 3.20. The predicted molar refractivity (Wildman–Crippen MR) is 91.5 cm³/mol. The molecule has 0 saturated carbocycles. The van der Waals surface area contributed by atoms with Crippen LogP contribution in [0.3, 0.4) is 0 Å². The van der Waals surface area contributed by atoms with E-state index in [4.69, 9.17) is 9.15 Å². The lowest BCUT2D eigenvalue weighted by Gasteiger charge is -2.34. The molecule has 0 aliphatic carbocycles. The molecule has 132 valence electrons. The molecule has 3 amide bonds. The summed E-state index contributed by atoms with van der Waals surface area (Å²) >= 11 is 0. The fourth-order valence-corrected chi connectivity index (χ4v) is 2.62. The first-order valence-corrected chi connectivity index (χ1v) is 8.27. The Morgan fingerprint density at radius 3 is 2.40 bits per heavy atom. The van der Waals surface area contributed by atoms with Crippen LogP contribution in [-0.4, -0.2) is 61.1 Å². The molecule has 7 heteroatoms. The van der Waals surface area contributed by atoms with Crippen molar-refractivity contribution >= 4 is 11.9 Å². The number of urea groups is 1. The maximum atomic E-state index is 12.2. The molecule has 25 heavy (non-hydrogen) atoms. The number of piperazine rings is 1. The summed E-state index contributed by atoms with van der Waals surface area (Å²) in [5, 5.41) is 2.83. The Morgan fingerprint density at radius 1 is 1.00 bits per heavy atom. The number of benzene rings is 1. The number of nitrogens with one attached hydrogen (secondary N) is 1. The first kappa shape index (κ1) is 16.9. The van der Waals surface area contributed by atoms with Crippen LogP contribution in [0.4, 0.5) is 4.79 Å². The van der Waals surface area contributed by atoms with E-state index in [1.807, 2.05) is 30.3 Å². The highest BCUT2D eigenvalue weighted by Crippen LogP contribution is 2.10. The summed E-state index contributed by atoms with van der Waals surface area (Å²) < 4.78 is 10.7. The molecule has 1 aromatic carbocycles. The molecule has 0 unspecified atom stereocenters. The van der Waals surface area contributed by atoms with Crippen molar-refractivity contribution in [3.8, 4) is 5.75 Å². The molecule has 2 heterocycles. The van der Waals surface area contributed by atoms with Gasteiger partial charge in [-0.3, -0.25) is 4.79 Å². The van der Waals surface area contributed by atoms with Gasteiger partial charge in [-0.1, -0.05) is 18.2 Å². The zero-order valence-corrected chi connectivity index (χ0v) is 13.9.